The average Bonchev–Trinajstić information content (AvgIpc) is 3.53. The first-order valence-electron chi connectivity index (χ1n) is 11.5. The minimum atomic E-state index is -3.02. The number of rotatable bonds is 5. The van der Waals surface area contributed by atoms with E-state index >= 15 is 0 Å². The molecule has 162 valence electrons. The highest BCUT2D eigenvalue weighted by Crippen LogP contribution is 2.34. The third kappa shape index (κ3) is 3.48. The van der Waals surface area contributed by atoms with Crippen LogP contribution in [0.3, 0.4) is 0 Å². The second-order valence-electron chi connectivity index (χ2n) is 7.06. The number of nitrogens with zero attached hydrogens (tertiary/aromatic N) is 7. The van der Waals surface area contributed by atoms with E-state index in [-0.39, 0.29) is 5.69 Å². The summed E-state index contributed by atoms with van der Waals surface area (Å²) in [7, 11) is 2.86. The number of aryl methyl sites for hydroxylation is 1. The first-order valence-corrected chi connectivity index (χ1v) is 9.50. The van der Waals surface area contributed by atoms with Crippen molar-refractivity contribution in [2.75, 3.05) is 18.9 Å². The van der Waals surface area contributed by atoms with Crippen molar-refractivity contribution in [3.8, 4) is 22.8 Å². The fourth-order valence-electron chi connectivity index (χ4n) is 3.12. The zero-order chi connectivity index (χ0) is 25.9. The lowest BCUT2D eigenvalue weighted by molar-refractivity contribution is -0.144. The Bertz CT molecular complexity index is 1470. The van der Waals surface area contributed by atoms with Gasteiger partial charge in [-0.1, -0.05) is 11.2 Å². The fourth-order valence-corrected chi connectivity index (χ4v) is 3.12. The molecule has 1 aliphatic heterocycles. The number of likely N-dealkylation sites (N-methyl/N-ethyl adjacent to an activating group) is 1. The number of anilines is 2. The molecule has 0 unspecified atom stereocenters. The summed E-state index contributed by atoms with van der Waals surface area (Å²) in [6.45, 7) is -2.78. The van der Waals surface area contributed by atoms with E-state index in [9.17, 15) is 9.90 Å². The molecule has 11 heteroatoms. The minimum absolute atomic E-state index is 0.111. The molecule has 1 fully saturated rings. The maximum Gasteiger partial charge on any atom is 0.262 e. The third-order valence-corrected chi connectivity index (χ3v) is 4.77. The van der Waals surface area contributed by atoms with E-state index < -0.39 is 30.1 Å². The summed E-state index contributed by atoms with van der Waals surface area (Å²) in [6, 6.07) is 9.63. The van der Waals surface area contributed by atoms with E-state index in [1.54, 1.807) is 54.5 Å². The molecule has 0 aliphatic carbocycles. The summed E-state index contributed by atoms with van der Waals surface area (Å²) >= 11 is 0. The molecule has 0 spiro atoms. The van der Waals surface area contributed by atoms with Gasteiger partial charge in [-0.25, -0.2) is 15.0 Å². The van der Waals surface area contributed by atoms with Crippen LogP contribution < -0.4 is 5.32 Å². The van der Waals surface area contributed by atoms with Crippen molar-refractivity contribution >= 4 is 17.7 Å². The lowest BCUT2D eigenvalue weighted by atomic mass is 9.98. The monoisotopic (exact) mass is 436 g/mol. The van der Waals surface area contributed by atoms with Crippen LogP contribution in [0.25, 0.3) is 22.8 Å². The van der Waals surface area contributed by atoms with Crippen LogP contribution in [0.15, 0.2) is 53.3 Å². The Labute approximate surface area is 188 Å². The van der Waals surface area contributed by atoms with E-state index in [0.29, 0.717) is 33.7 Å². The highest BCUT2D eigenvalue weighted by Gasteiger charge is 2.48. The summed E-state index contributed by atoms with van der Waals surface area (Å²) < 4.78 is 39.0. The highest BCUT2D eigenvalue weighted by molar-refractivity contribution is 5.87. The Kier molecular flexibility index (Phi) is 3.68. The van der Waals surface area contributed by atoms with Gasteiger partial charge in [-0.2, -0.15) is 5.10 Å². The van der Waals surface area contributed by atoms with E-state index in [4.69, 9.17) is 10.0 Å². The maximum absolute atomic E-state index is 12.7. The minimum Gasteiger partial charge on any atom is -0.373 e. The van der Waals surface area contributed by atoms with Crippen LogP contribution in [-0.2, 0) is 17.4 Å². The van der Waals surface area contributed by atoms with Crippen molar-refractivity contribution in [3.63, 3.8) is 0 Å². The Hall–Kier alpha value is -4.12. The van der Waals surface area contributed by atoms with Gasteiger partial charge in [0, 0.05) is 57.0 Å². The molecule has 1 amide bonds. The van der Waals surface area contributed by atoms with Crippen LogP contribution >= 0.6 is 0 Å². The van der Waals surface area contributed by atoms with Gasteiger partial charge in [-0.05, 0) is 18.2 Å². The van der Waals surface area contributed by atoms with Gasteiger partial charge >= 0.3 is 0 Å². The van der Waals surface area contributed by atoms with Crippen molar-refractivity contribution in [1.29, 1.82) is 0 Å². The molecule has 0 bridgehead atoms. The molecule has 1 saturated heterocycles. The van der Waals surface area contributed by atoms with Gasteiger partial charge < -0.3 is 19.8 Å². The van der Waals surface area contributed by atoms with Crippen LogP contribution in [-0.4, -0.2) is 59.3 Å². The number of nitrogens with one attached hydrogen (secondary N) is 1. The molecule has 2 N–H and O–H groups in total. The lowest BCUT2D eigenvalue weighted by Crippen LogP contribution is -2.35. The number of aliphatic hydroxyl groups is 1. The van der Waals surface area contributed by atoms with E-state index in [1.807, 2.05) is 0 Å². The van der Waals surface area contributed by atoms with Gasteiger partial charge in [-0.15, -0.1) is 0 Å². The second-order valence-corrected chi connectivity index (χ2v) is 7.06. The number of carbonyl (C=O) groups excluding carboxylic acids is 1. The molecule has 0 saturated carbocycles. The average molecular weight is 436 g/mol. The predicted molar refractivity (Wildman–Crippen MR) is 113 cm³/mol. The largest absolute Gasteiger partial charge is 0.373 e. The first-order chi connectivity index (χ1) is 16.9. The summed E-state index contributed by atoms with van der Waals surface area (Å²) in [6.07, 6.45) is 0.316. The molecule has 0 radical (unpaired) electrons. The molecule has 4 aromatic rings. The van der Waals surface area contributed by atoms with Crippen LogP contribution in [0.4, 0.5) is 11.8 Å². The molecule has 4 aromatic heterocycles. The third-order valence-electron chi connectivity index (χ3n) is 4.77. The number of hydrogen-bond acceptors (Lipinski definition) is 9. The molecule has 0 aromatic carbocycles. The van der Waals surface area contributed by atoms with Gasteiger partial charge in [0.15, 0.2) is 11.6 Å². The van der Waals surface area contributed by atoms with Gasteiger partial charge in [0.25, 0.3) is 5.91 Å². The molecule has 32 heavy (non-hydrogen) atoms. The Balaban J connectivity index is 1.46. The predicted octanol–water partition coefficient (Wildman–Crippen LogP) is 1.72. The molecule has 1 aliphatic rings. The summed E-state index contributed by atoms with van der Waals surface area (Å²) in [5, 5.41) is 22.1. The fraction of sp³-hybridized carbons (Fsp3) is 0.238. The summed E-state index contributed by atoms with van der Waals surface area (Å²) in [4.78, 5) is 26.4. The highest BCUT2D eigenvalue weighted by atomic mass is 16.5. The topological polar surface area (TPSA) is 135 Å². The van der Waals surface area contributed by atoms with Crippen molar-refractivity contribution in [1.82, 2.24) is 34.8 Å². The second kappa shape index (κ2) is 7.54. The Morgan fingerprint density at radius 2 is 1.94 bits per heavy atom. The summed E-state index contributed by atoms with van der Waals surface area (Å²) in [5.74, 6) is -0.835. The standard InChI is InChI=1S/C21H20N8O3/c1-28-11-8-21(31,19(28)30)17-12-16(27-32-17)14-5-3-4-13(23-14)15-6-9-22-20(24-15)25-18-7-10-29(2)26-18/h3-7,9-10,12,31H,8,11H2,1-2H3,(H,22,24,25,26)/t21-/m1/s1/i8D2,11D2. The Morgan fingerprint density at radius 3 is 2.66 bits per heavy atom. The number of amides is 1. The lowest BCUT2D eigenvalue weighted by Gasteiger charge is -2.16. The normalized spacial score (nSPS) is 23.3. The van der Waals surface area contributed by atoms with Gasteiger partial charge in [0.1, 0.15) is 5.69 Å². The number of likely N-dealkylation sites (tertiary alicyclic amines) is 1. The van der Waals surface area contributed by atoms with E-state index in [1.165, 1.54) is 6.07 Å². The summed E-state index contributed by atoms with van der Waals surface area (Å²) in [5.41, 5.74) is -1.55. The van der Waals surface area contributed by atoms with Crippen LogP contribution in [0.5, 0.6) is 0 Å². The quantitative estimate of drug-likeness (QED) is 0.479. The van der Waals surface area contributed by atoms with Gasteiger partial charge in [-0.3, -0.25) is 9.48 Å². The number of hydrogen-bond donors (Lipinski definition) is 2. The van der Waals surface area contributed by atoms with E-state index in [0.717, 1.165) is 7.05 Å². The molecule has 5 heterocycles. The molecule has 5 rings (SSSR count). The molecular formula is C21H20N8O3. The number of aromatic nitrogens is 6. The first kappa shape index (κ1) is 15.6. The Morgan fingerprint density at radius 1 is 1.16 bits per heavy atom. The SMILES string of the molecule is [2H]C1([2H])N(C)C(=O)[C@](O)(c2cc(-c3cccc(-c4ccnc(Nc5ccn(C)n5)n4)n3)no2)C1([2H])[2H]. The van der Waals surface area contributed by atoms with Crippen molar-refractivity contribution in [2.45, 2.75) is 12.0 Å². The number of carbonyl (C=O) groups is 1. The van der Waals surface area contributed by atoms with Crippen molar-refractivity contribution in [2.24, 2.45) is 7.05 Å². The van der Waals surface area contributed by atoms with Gasteiger partial charge in [0.2, 0.25) is 11.5 Å². The smallest absolute Gasteiger partial charge is 0.262 e. The number of pyridine rings is 1. The van der Waals surface area contributed by atoms with Gasteiger partial charge in [0.05, 0.1) is 17.1 Å². The molecule has 11 nitrogen and oxygen atoms in total. The van der Waals surface area contributed by atoms with Crippen LogP contribution in [0, 0.1) is 0 Å². The van der Waals surface area contributed by atoms with Crippen molar-refractivity contribution in [3.05, 3.63) is 54.6 Å². The van der Waals surface area contributed by atoms with Crippen molar-refractivity contribution < 1.29 is 19.9 Å². The van der Waals surface area contributed by atoms with Crippen LogP contribution in [0.1, 0.15) is 17.6 Å². The van der Waals surface area contributed by atoms with Crippen LogP contribution in [0.2, 0.25) is 0 Å². The zero-order valence-electron chi connectivity index (χ0n) is 21.0. The maximum atomic E-state index is 12.7. The van der Waals surface area contributed by atoms with E-state index in [2.05, 4.69) is 30.5 Å². The molecule has 1 atom stereocenters. The zero-order valence-corrected chi connectivity index (χ0v) is 17.0. The molecular weight excluding hydrogens is 412 g/mol.